The summed E-state index contributed by atoms with van der Waals surface area (Å²) in [6, 6.07) is 5.94. The Morgan fingerprint density at radius 3 is 2.65 bits per heavy atom. The van der Waals surface area contributed by atoms with Gasteiger partial charge in [-0.05, 0) is 31.2 Å². The second kappa shape index (κ2) is 8.29. The Hall–Kier alpha value is -2.95. The summed E-state index contributed by atoms with van der Waals surface area (Å²) in [5.41, 5.74) is 1.36. The average Bonchev–Trinajstić information content (AvgIpc) is 3.21. The van der Waals surface area contributed by atoms with Gasteiger partial charge >= 0.3 is 5.97 Å². The molecule has 0 radical (unpaired) electrons. The van der Waals surface area contributed by atoms with Crippen molar-refractivity contribution in [3.63, 3.8) is 0 Å². The van der Waals surface area contributed by atoms with Crippen LogP contribution in [0, 0.1) is 11.2 Å². The minimum Gasteiger partial charge on any atom is -0.468 e. The van der Waals surface area contributed by atoms with E-state index in [2.05, 4.69) is 39.5 Å². The van der Waals surface area contributed by atoms with Gasteiger partial charge in [0.1, 0.15) is 22.8 Å². The maximum atomic E-state index is 13.5. The molecule has 2 N–H and O–H groups in total. The fourth-order valence-electron chi connectivity index (χ4n) is 3.25. The summed E-state index contributed by atoms with van der Waals surface area (Å²) in [4.78, 5) is 24.8. The number of nitrogens with one attached hydrogen (secondary N) is 2. The second-order valence-electron chi connectivity index (χ2n) is 7.44. The number of methoxy groups -OCH3 is 1. The quantitative estimate of drug-likeness (QED) is 0.495. The number of carbonyl (C=O) groups is 1. The lowest BCUT2D eigenvalue weighted by Gasteiger charge is -2.34. The minimum atomic E-state index is -0.904. The van der Waals surface area contributed by atoms with Crippen molar-refractivity contribution in [1.29, 1.82) is 0 Å². The van der Waals surface area contributed by atoms with Gasteiger partial charge in [-0.1, -0.05) is 6.58 Å². The molecular weight excluding hydrogens is 423 g/mol. The smallest absolute Gasteiger partial charge is 0.316 e. The molecular formula is C21H21FN4O4S. The Morgan fingerprint density at radius 1 is 1.32 bits per heavy atom. The molecule has 1 saturated heterocycles. The maximum Gasteiger partial charge on any atom is 0.316 e. The van der Waals surface area contributed by atoms with Crippen LogP contribution in [0.2, 0.25) is 0 Å². The Morgan fingerprint density at radius 2 is 2.00 bits per heavy atom. The number of allylic oxidation sites excluding steroid dienone is 1. The molecule has 0 atom stereocenters. The van der Waals surface area contributed by atoms with E-state index in [0.29, 0.717) is 39.2 Å². The third-order valence-corrected chi connectivity index (χ3v) is 5.29. The number of hydrogen-bond donors (Lipinski definition) is 3. The highest BCUT2D eigenvalue weighted by atomic mass is 32.1. The number of ether oxygens (including phenoxy) is 3. The van der Waals surface area contributed by atoms with Crippen molar-refractivity contribution in [1.82, 2.24) is 15.3 Å². The Kier molecular flexibility index (Phi) is 5.69. The van der Waals surface area contributed by atoms with E-state index in [9.17, 15) is 9.18 Å². The molecule has 2 aliphatic heterocycles. The van der Waals surface area contributed by atoms with E-state index in [1.54, 1.807) is 25.3 Å². The first-order chi connectivity index (χ1) is 14.8. The summed E-state index contributed by atoms with van der Waals surface area (Å²) in [5.74, 6) is 0.0530. The lowest BCUT2D eigenvalue weighted by molar-refractivity contribution is -0.237. The largest absolute Gasteiger partial charge is 0.468 e. The number of hydrogen-bond acceptors (Lipinski definition) is 8. The molecule has 0 saturated carbocycles. The number of halogens is 1. The van der Waals surface area contributed by atoms with Crippen LogP contribution in [0.25, 0.3) is 11.3 Å². The van der Waals surface area contributed by atoms with Gasteiger partial charge in [-0.3, -0.25) is 4.79 Å². The normalized spacial score (nSPS) is 23.6. The van der Waals surface area contributed by atoms with Gasteiger partial charge in [-0.15, -0.1) is 12.6 Å². The fraction of sp³-hybridized carbons (Fsp3) is 0.286. The zero-order chi connectivity index (χ0) is 22.2. The summed E-state index contributed by atoms with van der Waals surface area (Å²) >= 11 is 4.48. The van der Waals surface area contributed by atoms with Crippen molar-refractivity contribution in [3.8, 4) is 11.3 Å². The van der Waals surface area contributed by atoms with Crippen LogP contribution in [0.15, 0.2) is 52.8 Å². The first kappa shape index (κ1) is 21.3. The lowest BCUT2D eigenvalue weighted by atomic mass is 9.92. The van der Waals surface area contributed by atoms with Gasteiger partial charge in [0.2, 0.25) is 6.29 Å². The Labute approximate surface area is 183 Å². The highest BCUT2D eigenvalue weighted by Crippen LogP contribution is 2.34. The molecule has 1 aromatic heterocycles. The van der Waals surface area contributed by atoms with E-state index in [-0.39, 0.29) is 19.0 Å². The van der Waals surface area contributed by atoms with Crippen molar-refractivity contribution >= 4 is 24.3 Å². The molecule has 0 bridgehead atoms. The summed E-state index contributed by atoms with van der Waals surface area (Å²) in [6.07, 6.45) is 0.835. The van der Waals surface area contributed by atoms with Crippen LogP contribution >= 0.6 is 12.6 Å². The van der Waals surface area contributed by atoms with Crippen LogP contribution in [0.3, 0.4) is 0 Å². The van der Waals surface area contributed by atoms with Crippen molar-refractivity contribution in [2.24, 2.45) is 10.4 Å². The molecule has 0 unspecified atom stereocenters. The van der Waals surface area contributed by atoms with Crippen LogP contribution in [0.1, 0.15) is 24.7 Å². The number of benzene rings is 1. The van der Waals surface area contributed by atoms with E-state index >= 15 is 0 Å². The zero-order valence-electron chi connectivity index (χ0n) is 16.9. The number of esters is 1. The SMILES string of the molecule is C=C1N=C(c2[nH]c(C3OCC(C)(C(=O)OC)CO3)nc2-c2ccc(F)cc2)C(S)=CN1. The lowest BCUT2D eigenvalue weighted by Crippen LogP contribution is -2.43. The van der Waals surface area contributed by atoms with E-state index in [1.807, 2.05) is 0 Å². The molecule has 0 spiro atoms. The molecule has 4 rings (SSSR count). The number of H-pyrrole nitrogens is 1. The van der Waals surface area contributed by atoms with Crippen LogP contribution in [0.5, 0.6) is 0 Å². The summed E-state index contributed by atoms with van der Waals surface area (Å²) in [5, 5.41) is 2.90. The number of carbonyl (C=O) groups excluding carboxylic acids is 1. The van der Waals surface area contributed by atoms with Crippen LogP contribution in [0.4, 0.5) is 4.39 Å². The molecule has 0 aliphatic carbocycles. The van der Waals surface area contributed by atoms with Crippen LogP contribution < -0.4 is 5.32 Å². The van der Waals surface area contributed by atoms with Gasteiger partial charge in [-0.25, -0.2) is 14.4 Å². The van der Waals surface area contributed by atoms with Crippen molar-refractivity contribution in [2.75, 3.05) is 20.3 Å². The third-order valence-electron chi connectivity index (χ3n) is 4.95. The predicted octanol–water partition coefficient (Wildman–Crippen LogP) is 3.08. The molecule has 3 heterocycles. The average molecular weight is 444 g/mol. The molecule has 162 valence electrons. The van der Waals surface area contributed by atoms with Crippen LogP contribution in [-0.4, -0.2) is 42.0 Å². The molecule has 8 nitrogen and oxygen atoms in total. The summed E-state index contributed by atoms with van der Waals surface area (Å²) in [7, 11) is 1.32. The van der Waals surface area contributed by atoms with E-state index in [0.717, 1.165) is 0 Å². The third kappa shape index (κ3) is 4.14. The van der Waals surface area contributed by atoms with E-state index in [1.165, 1.54) is 19.2 Å². The monoisotopic (exact) mass is 444 g/mol. The summed E-state index contributed by atoms with van der Waals surface area (Å²) < 4.78 is 29.9. The number of aliphatic imine (C=N–C) groups is 1. The van der Waals surface area contributed by atoms with Crippen molar-refractivity contribution < 1.29 is 23.4 Å². The van der Waals surface area contributed by atoms with E-state index in [4.69, 9.17) is 14.2 Å². The highest BCUT2D eigenvalue weighted by Gasteiger charge is 2.42. The molecule has 0 amide bonds. The standard InChI is InChI=1S/C21H21FN4O4S/c1-11-23-8-14(31)16(24-11)17-15(12-4-6-13(22)7-5-12)25-18(26-17)19-29-9-21(2,10-30-19)20(27)28-3/h4-8,19,23,31H,1,9-10H2,2-3H3,(H,25,26). The number of thiol groups is 1. The van der Waals surface area contributed by atoms with Gasteiger partial charge < -0.3 is 24.5 Å². The minimum absolute atomic E-state index is 0.103. The second-order valence-corrected chi connectivity index (χ2v) is 7.92. The topological polar surface area (TPSA) is 97.8 Å². The molecule has 31 heavy (non-hydrogen) atoms. The number of aromatic amines is 1. The molecule has 2 aromatic rings. The number of imidazole rings is 1. The zero-order valence-corrected chi connectivity index (χ0v) is 17.8. The predicted molar refractivity (Wildman–Crippen MR) is 115 cm³/mol. The maximum absolute atomic E-state index is 13.5. The first-order valence-electron chi connectivity index (χ1n) is 9.42. The Balaban J connectivity index is 1.71. The van der Waals surface area contributed by atoms with E-state index < -0.39 is 17.7 Å². The summed E-state index contributed by atoms with van der Waals surface area (Å²) in [6.45, 7) is 5.74. The number of aromatic nitrogens is 2. The Bertz CT molecular complexity index is 1090. The van der Waals surface area contributed by atoms with Crippen molar-refractivity contribution in [3.05, 3.63) is 65.1 Å². The van der Waals surface area contributed by atoms with Gasteiger partial charge in [0, 0.05) is 16.7 Å². The van der Waals surface area contributed by atoms with Crippen LogP contribution in [-0.2, 0) is 19.0 Å². The molecule has 1 fully saturated rings. The van der Waals surface area contributed by atoms with Gasteiger partial charge in [-0.2, -0.15) is 0 Å². The molecule has 2 aliphatic rings. The molecule has 1 aromatic carbocycles. The fourth-order valence-corrected chi connectivity index (χ4v) is 3.48. The molecule has 10 heteroatoms. The van der Waals surface area contributed by atoms with Crippen molar-refractivity contribution in [2.45, 2.75) is 13.2 Å². The first-order valence-corrected chi connectivity index (χ1v) is 9.87. The number of rotatable bonds is 4. The van der Waals surface area contributed by atoms with Gasteiger partial charge in [0.25, 0.3) is 0 Å². The van der Waals surface area contributed by atoms with Gasteiger partial charge in [0.05, 0.1) is 31.7 Å². The van der Waals surface area contributed by atoms with Gasteiger partial charge in [0.15, 0.2) is 5.82 Å². The number of nitrogens with zero attached hydrogens (tertiary/aromatic N) is 2. The highest BCUT2D eigenvalue weighted by molar-refractivity contribution is 7.85.